The Bertz CT molecular complexity index is 897. The van der Waals surface area contributed by atoms with Gasteiger partial charge in [-0.2, -0.15) is 0 Å². The van der Waals surface area contributed by atoms with Gasteiger partial charge in [0, 0.05) is 6.54 Å². The summed E-state index contributed by atoms with van der Waals surface area (Å²) >= 11 is 0. The van der Waals surface area contributed by atoms with Gasteiger partial charge in [0.15, 0.2) is 17.1 Å². The van der Waals surface area contributed by atoms with E-state index in [0.717, 1.165) is 22.3 Å². The number of nitrogens with one attached hydrogen (secondary N) is 1. The van der Waals surface area contributed by atoms with E-state index in [2.05, 4.69) is 11.9 Å². The van der Waals surface area contributed by atoms with Crippen LogP contribution in [0, 0.1) is 0 Å². The number of fused-ring (bicyclic) bond motifs is 1. The third-order valence-corrected chi connectivity index (χ3v) is 4.31. The standard InChI is InChI=1S/C20H21N3O2/c1-4-22-14-23(19-8-6-5-7-18(19)22)15(2)20(24)21-13-16-9-11-17(25-3)12-10-16/h4-12,14-15H,1,13H2,2-3H3/p+1/t15-/m1/s1. The molecule has 1 aromatic heterocycles. The van der Waals surface area contributed by atoms with Crippen LogP contribution < -0.4 is 14.6 Å². The van der Waals surface area contributed by atoms with Gasteiger partial charge in [-0.25, -0.2) is 9.13 Å². The number of methoxy groups -OCH3 is 1. The van der Waals surface area contributed by atoms with E-state index >= 15 is 0 Å². The van der Waals surface area contributed by atoms with Crippen molar-refractivity contribution in [1.29, 1.82) is 0 Å². The molecule has 0 aliphatic carbocycles. The lowest BCUT2D eigenvalue weighted by Crippen LogP contribution is -2.46. The number of ether oxygens (including phenoxy) is 1. The molecule has 3 aromatic rings. The maximum absolute atomic E-state index is 12.6. The summed E-state index contributed by atoms with van der Waals surface area (Å²) in [6.07, 6.45) is 3.64. The number of nitrogens with zero attached hydrogens (tertiary/aromatic N) is 2. The molecule has 1 amide bonds. The summed E-state index contributed by atoms with van der Waals surface area (Å²) in [5.41, 5.74) is 3.04. The molecular formula is C20H22N3O2+. The molecule has 0 aliphatic rings. The molecule has 3 rings (SSSR count). The van der Waals surface area contributed by atoms with Gasteiger partial charge in [0.1, 0.15) is 5.75 Å². The van der Waals surface area contributed by atoms with Gasteiger partial charge in [0.25, 0.3) is 5.91 Å². The minimum Gasteiger partial charge on any atom is -0.497 e. The smallest absolute Gasteiger partial charge is 0.265 e. The van der Waals surface area contributed by atoms with Crippen molar-refractivity contribution in [2.45, 2.75) is 19.5 Å². The van der Waals surface area contributed by atoms with Crippen molar-refractivity contribution in [2.75, 3.05) is 7.11 Å². The van der Waals surface area contributed by atoms with Gasteiger partial charge in [-0.3, -0.25) is 4.79 Å². The monoisotopic (exact) mass is 336 g/mol. The molecule has 0 saturated carbocycles. The largest absolute Gasteiger partial charge is 0.497 e. The quantitative estimate of drug-likeness (QED) is 0.704. The molecular weight excluding hydrogens is 314 g/mol. The first-order valence-corrected chi connectivity index (χ1v) is 8.18. The molecule has 0 saturated heterocycles. The van der Waals surface area contributed by atoms with Crippen molar-refractivity contribution in [3.8, 4) is 5.75 Å². The van der Waals surface area contributed by atoms with Crippen LogP contribution in [0.15, 0.2) is 61.4 Å². The zero-order valence-electron chi connectivity index (χ0n) is 14.5. The molecule has 0 bridgehead atoms. The van der Waals surface area contributed by atoms with Crippen LogP contribution in [0.2, 0.25) is 0 Å². The Hall–Kier alpha value is -3.08. The van der Waals surface area contributed by atoms with Crippen molar-refractivity contribution >= 4 is 23.1 Å². The highest BCUT2D eigenvalue weighted by molar-refractivity contribution is 5.80. The average Bonchev–Trinajstić information content (AvgIpc) is 3.04. The molecule has 5 nitrogen and oxygen atoms in total. The Morgan fingerprint density at radius 1 is 1.28 bits per heavy atom. The van der Waals surface area contributed by atoms with Gasteiger partial charge >= 0.3 is 0 Å². The lowest BCUT2D eigenvalue weighted by atomic mass is 10.2. The van der Waals surface area contributed by atoms with Crippen LogP contribution in [0.25, 0.3) is 17.2 Å². The molecule has 0 unspecified atom stereocenters. The average molecular weight is 336 g/mol. The predicted molar refractivity (Wildman–Crippen MR) is 98.1 cm³/mol. The summed E-state index contributed by atoms with van der Waals surface area (Å²) in [5, 5.41) is 2.99. The van der Waals surface area contributed by atoms with Gasteiger partial charge < -0.3 is 10.1 Å². The maximum atomic E-state index is 12.6. The summed E-state index contributed by atoms with van der Waals surface area (Å²) in [5.74, 6) is 0.768. The Labute approximate surface area is 147 Å². The molecule has 1 N–H and O–H groups in total. The molecule has 0 fully saturated rings. The Kier molecular flexibility index (Phi) is 4.84. The number of hydrogen-bond donors (Lipinski definition) is 1. The van der Waals surface area contributed by atoms with Gasteiger partial charge in [0.05, 0.1) is 13.3 Å². The third kappa shape index (κ3) is 3.40. The highest BCUT2D eigenvalue weighted by atomic mass is 16.5. The molecule has 128 valence electrons. The number of amides is 1. The maximum Gasteiger partial charge on any atom is 0.265 e. The number of aromatic nitrogens is 2. The topological polar surface area (TPSA) is 47.1 Å². The molecule has 0 radical (unpaired) electrons. The van der Waals surface area contributed by atoms with Crippen LogP contribution in [0.3, 0.4) is 0 Å². The Morgan fingerprint density at radius 3 is 2.68 bits per heavy atom. The molecule has 5 heteroatoms. The van der Waals surface area contributed by atoms with Gasteiger partial charge in [-0.1, -0.05) is 30.8 Å². The second kappa shape index (κ2) is 7.21. The van der Waals surface area contributed by atoms with E-state index in [1.807, 2.05) is 70.9 Å². The number of imidazole rings is 1. The SMILES string of the molecule is C=Cn1c[n+]([C@H](C)C(=O)NCc2ccc(OC)cc2)c2ccccc21. The number of hydrogen-bond acceptors (Lipinski definition) is 2. The molecule has 0 aliphatic heterocycles. The fourth-order valence-electron chi connectivity index (χ4n) is 2.82. The van der Waals surface area contributed by atoms with Crippen molar-refractivity contribution in [2.24, 2.45) is 0 Å². The van der Waals surface area contributed by atoms with Crippen LogP contribution in [0.5, 0.6) is 5.75 Å². The molecule has 1 heterocycles. The second-order valence-corrected chi connectivity index (χ2v) is 5.84. The second-order valence-electron chi connectivity index (χ2n) is 5.84. The minimum atomic E-state index is -0.329. The van der Waals surface area contributed by atoms with Crippen molar-refractivity contribution < 1.29 is 14.1 Å². The fourth-order valence-corrected chi connectivity index (χ4v) is 2.82. The summed E-state index contributed by atoms with van der Waals surface area (Å²) in [4.78, 5) is 12.6. The van der Waals surface area contributed by atoms with E-state index in [4.69, 9.17) is 4.74 Å². The van der Waals surface area contributed by atoms with Crippen molar-refractivity contribution in [3.05, 3.63) is 67.0 Å². The number of benzene rings is 2. The van der Waals surface area contributed by atoms with Gasteiger partial charge in [-0.15, -0.1) is 0 Å². The van der Waals surface area contributed by atoms with Gasteiger partial charge in [0.2, 0.25) is 6.33 Å². The number of carbonyl (C=O) groups excluding carboxylic acids is 1. The van der Waals surface area contributed by atoms with Crippen LogP contribution in [-0.2, 0) is 11.3 Å². The van der Waals surface area contributed by atoms with Crippen molar-refractivity contribution in [3.63, 3.8) is 0 Å². The van der Waals surface area contributed by atoms with Gasteiger partial charge in [-0.05, 0) is 36.8 Å². The first-order chi connectivity index (χ1) is 12.1. The molecule has 2 aromatic carbocycles. The zero-order valence-corrected chi connectivity index (χ0v) is 14.5. The third-order valence-electron chi connectivity index (χ3n) is 4.31. The Balaban J connectivity index is 1.75. The van der Waals surface area contributed by atoms with Crippen molar-refractivity contribution in [1.82, 2.24) is 9.88 Å². The molecule has 1 atom stereocenters. The van der Waals surface area contributed by atoms with E-state index in [1.54, 1.807) is 13.3 Å². The highest BCUT2D eigenvalue weighted by Gasteiger charge is 2.24. The predicted octanol–water partition coefficient (Wildman–Crippen LogP) is 2.92. The lowest BCUT2D eigenvalue weighted by molar-refractivity contribution is -0.681. The lowest BCUT2D eigenvalue weighted by Gasteiger charge is -2.10. The first kappa shape index (κ1) is 16.8. The van der Waals surface area contributed by atoms with Crippen LogP contribution in [0.1, 0.15) is 18.5 Å². The van der Waals surface area contributed by atoms with E-state index in [-0.39, 0.29) is 11.9 Å². The van der Waals surface area contributed by atoms with Crippen LogP contribution in [0.4, 0.5) is 0 Å². The molecule has 0 spiro atoms. The number of carbonyl (C=O) groups is 1. The number of rotatable bonds is 6. The number of para-hydroxylation sites is 2. The summed E-state index contributed by atoms with van der Waals surface area (Å²) in [6, 6.07) is 15.3. The summed E-state index contributed by atoms with van der Waals surface area (Å²) < 4.78 is 9.02. The summed E-state index contributed by atoms with van der Waals surface area (Å²) in [7, 11) is 1.63. The first-order valence-electron chi connectivity index (χ1n) is 8.18. The minimum absolute atomic E-state index is 0.0345. The van der Waals surface area contributed by atoms with E-state index in [9.17, 15) is 4.79 Å². The fraction of sp³-hybridized carbons (Fsp3) is 0.200. The zero-order chi connectivity index (χ0) is 17.8. The normalized spacial score (nSPS) is 11.9. The van der Waals surface area contributed by atoms with E-state index < -0.39 is 0 Å². The molecule has 25 heavy (non-hydrogen) atoms. The van der Waals surface area contributed by atoms with E-state index in [0.29, 0.717) is 6.54 Å². The van der Waals surface area contributed by atoms with Crippen LogP contribution >= 0.6 is 0 Å². The Morgan fingerprint density at radius 2 is 2.00 bits per heavy atom. The summed E-state index contributed by atoms with van der Waals surface area (Å²) in [6.45, 7) is 6.20. The van der Waals surface area contributed by atoms with E-state index in [1.165, 1.54) is 0 Å². The van der Waals surface area contributed by atoms with Crippen LogP contribution in [-0.4, -0.2) is 17.6 Å². The highest BCUT2D eigenvalue weighted by Crippen LogP contribution is 2.14.